The zero-order valence-electron chi connectivity index (χ0n) is 10.9. The van der Waals surface area contributed by atoms with Crippen LogP contribution in [-0.2, 0) is 16.0 Å². The van der Waals surface area contributed by atoms with E-state index in [-0.39, 0.29) is 24.5 Å². The van der Waals surface area contributed by atoms with Gasteiger partial charge in [0.15, 0.2) is 11.5 Å². The van der Waals surface area contributed by atoms with Crippen molar-refractivity contribution in [2.75, 3.05) is 13.7 Å². The van der Waals surface area contributed by atoms with E-state index in [1.807, 2.05) is 0 Å². The minimum absolute atomic E-state index is 0.0224. The first-order valence-corrected chi connectivity index (χ1v) is 6.75. The summed E-state index contributed by atoms with van der Waals surface area (Å²) in [5.74, 6) is -1.21. The number of hydrogen-bond donors (Lipinski definition) is 2. The fraction of sp³-hybridized carbons (Fsp3) is 0.385. The Labute approximate surface area is 124 Å². The summed E-state index contributed by atoms with van der Waals surface area (Å²) >= 11 is 3.21. The van der Waals surface area contributed by atoms with Crippen molar-refractivity contribution in [2.45, 2.75) is 19.3 Å². The molecule has 1 rings (SSSR count). The maximum absolute atomic E-state index is 11.3. The number of carboxylic acid groups (broad SMARTS) is 1. The molecule has 2 N–H and O–H groups in total. The molecule has 0 aliphatic rings. The Morgan fingerprint density at radius 1 is 1.40 bits per heavy atom. The summed E-state index contributed by atoms with van der Waals surface area (Å²) in [5, 5.41) is 22.5. The van der Waals surface area contributed by atoms with E-state index in [9.17, 15) is 19.8 Å². The number of phenols is 1. The van der Waals surface area contributed by atoms with E-state index in [1.165, 1.54) is 7.11 Å². The molecule has 1 amide bonds. The van der Waals surface area contributed by atoms with Gasteiger partial charge in [0.2, 0.25) is 5.91 Å². The van der Waals surface area contributed by atoms with Gasteiger partial charge in [-0.15, -0.1) is 0 Å². The molecule has 7 heteroatoms. The van der Waals surface area contributed by atoms with Crippen molar-refractivity contribution in [3.8, 4) is 11.5 Å². The summed E-state index contributed by atoms with van der Waals surface area (Å²) in [6, 6.07) is 3.40. The van der Waals surface area contributed by atoms with Crippen molar-refractivity contribution >= 4 is 27.8 Å². The highest BCUT2D eigenvalue weighted by Gasteiger charge is 2.09. The van der Waals surface area contributed by atoms with E-state index >= 15 is 0 Å². The molecular formula is C13H15BrNO5-. The topological polar surface area (TPSA) is 98.7 Å². The summed E-state index contributed by atoms with van der Waals surface area (Å²) in [7, 11) is 1.45. The normalized spacial score (nSPS) is 10.1. The maximum atomic E-state index is 11.3. The van der Waals surface area contributed by atoms with Crippen molar-refractivity contribution in [3.05, 3.63) is 22.2 Å². The van der Waals surface area contributed by atoms with Gasteiger partial charge in [0, 0.05) is 18.9 Å². The number of nitrogens with one attached hydrogen (secondary N) is 1. The Morgan fingerprint density at radius 2 is 2.10 bits per heavy atom. The Bertz CT molecular complexity index is 504. The van der Waals surface area contributed by atoms with Gasteiger partial charge >= 0.3 is 0 Å². The van der Waals surface area contributed by atoms with Crippen LogP contribution in [0.4, 0.5) is 0 Å². The first-order valence-electron chi connectivity index (χ1n) is 5.96. The Morgan fingerprint density at radius 3 is 2.70 bits per heavy atom. The third kappa shape index (κ3) is 5.08. The van der Waals surface area contributed by atoms with E-state index in [1.54, 1.807) is 12.1 Å². The van der Waals surface area contributed by atoms with E-state index in [4.69, 9.17) is 4.74 Å². The molecule has 0 spiro atoms. The highest BCUT2D eigenvalue weighted by molar-refractivity contribution is 9.10. The van der Waals surface area contributed by atoms with Crippen LogP contribution in [0.3, 0.4) is 0 Å². The molecule has 0 saturated heterocycles. The minimum Gasteiger partial charge on any atom is -0.550 e. The number of aromatic hydroxyl groups is 1. The van der Waals surface area contributed by atoms with Gasteiger partial charge in [-0.3, -0.25) is 4.79 Å². The number of aliphatic carboxylic acids is 1. The van der Waals surface area contributed by atoms with Crippen LogP contribution < -0.4 is 15.2 Å². The fourth-order valence-electron chi connectivity index (χ4n) is 1.58. The quantitative estimate of drug-likeness (QED) is 0.743. The van der Waals surface area contributed by atoms with Crippen LogP contribution in [0, 0.1) is 0 Å². The molecule has 0 atom stereocenters. The van der Waals surface area contributed by atoms with Gasteiger partial charge < -0.3 is 25.1 Å². The predicted molar refractivity (Wildman–Crippen MR) is 73.3 cm³/mol. The maximum Gasteiger partial charge on any atom is 0.220 e. The number of methoxy groups -OCH3 is 1. The molecule has 110 valence electrons. The zero-order valence-corrected chi connectivity index (χ0v) is 12.5. The largest absolute Gasteiger partial charge is 0.550 e. The standard InChI is InChI=1S/C13H16BrNO5/c1-20-10-7-8(6-9(14)13(10)19)4-5-15-11(16)2-3-12(17)18/h6-7,19H,2-5H2,1H3,(H,15,16)(H,17,18)/p-1. The molecule has 0 unspecified atom stereocenters. The average Bonchev–Trinajstić information content (AvgIpc) is 2.40. The van der Waals surface area contributed by atoms with Gasteiger partial charge in [-0.25, -0.2) is 0 Å². The van der Waals surface area contributed by atoms with Gasteiger partial charge in [0.05, 0.1) is 11.6 Å². The molecule has 1 aromatic rings. The Kier molecular flexibility index (Phi) is 6.30. The minimum atomic E-state index is -1.24. The van der Waals surface area contributed by atoms with Crippen molar-refractivity contribution in [2.24, 2.45) is 0 Å². The van der Waals surface area contributed by atoms with Crippen molar-refractivity contribution in [1.82, 2.24) is 5.32 Å². The highest BCUT2D eigenvalue weighted by atomic mass is 79.9. The molecule has 0 fully saturated rings. The zero-order chi connectivity index (χ0) is 15.1. The van der Waals surface area contributed by atoms with Gasteiger partial charge in [-0.1, -0.05) is 0 Å². The van der Waals surface area contributed by atoms with E-state index in [0.29, 0.717) is 23.2 Å². The number of carboxylic acids is 1. The lowest BCUT2D eigenvalue weighted by atomic mass is 10.1. The van der Waals surface area contributed by atoms with Crippen LogP contribution in [-0.4, -0.2) is 30.6 Å². The number of phenolic OH excluding ortho intramolecular Hbond substituents is 1. The number of carbonyl (C=O) groups excluding carboxylic acids is 2. The monoisotopic (exact) mass is 344 g/mol. The summed E-state index contributed by atoms with van der Waals surface area (Å²) in [6.07, 6.45) is 0.154. The van der Waals surface area contributed by atoms with E-state index < -0.39 is 5.97 Å². The molecule has 6 nitrogen and oxygen atoms in total. The van der Waals surface area contributed by atoms with Crippen LogP contribution in [0.25, 0.3) is 0 Å². The number of halogens is 1. The molecule has 0 aliphatic carbocycles. The molecule has 1 aromatic carbocycles. The lowest BCUT2D eigenvalue weighted by molar-refractivity contribution is -0.305. The van der Waals surface area contributed by atoms with Gasteiger partial charge in [0.25, 0.3) is 0 Å². The third-order valence-electron chi connectivity index (χ3n) is 2.60. The third-order valence-corrected chi connectivity index (χ3v) is 3.20. The number of hydrogen-bond acceptors (Lipinski definition) is 5. The van der Waals surface area contributed by atoms with Crippen molar-refractivity contribution in [1.29, 1.82) is 0 Å². The SMILES string of the molecule is COc1cc(CCNC(=O)CCC(=O)[O-])cc(Br)c1O. The highest BCUT2D eigenvalue weighted by Crippen LogP contribution is 2.35. The van der Waals surface area contributed by atoms with Crippen LogP contribution in [0.1, 0.15) is 18.4 Å². The average molecular weight is 345 g/mol. The van der Waals surface area contributed by atoms with Crippen molar-refractivity contribution < 1.29 is 24.5 Å². The van der Waals surface area contributed by atoms with Gasteiger partial charge in [-0.05, 0) is 46.5 Å². The molecule has 0 bridgehead atoms. The lowest BCUT2D eigenvalue weighted by Crippen LogP contribution is -2.29. The molecule has 20 heavy (non-hydrogen) atoms. The second-order valence-corrected chi connectivity index (χ2v) is 4.95. The van der Waals surface area contributed by atoms with Crippen LogP contribution in [0.5, 0.6) is 11.5 Å². The summed E-state index contributed by atoms with van der Waals surface area (Å²) in [4.78, 5) is 21.5. The van der Waals surface area contributed by atoms with Gasteiger partial charge in [-0.2, -0.15) is 0 Å². The Hall–Kier alpha value is -1.76. The van der Waals surface area contributed by atoms with Crippen molar-refractivity contribution in [3.63, 3.8) is 0 Å². The van der Waals surface area contributed by atoms with Crippen LogP contribution >= 0.6 is 15.9 Å². The number of carbonyl (C=O) groups is 2. The molecule has 0 radical (unpaired) electrons. The summed E-state index contributed by atoms with van der Waals surface area (Å²) < 4.78 is 5.53. The fourth-order valence-corrected chi connectivity index (χ4v) is 2.07. The molecule has 0 aliphatic heterocycles. The predicted octanol–water partition coefficient (Wildman–Crippen LogP) is 0.352. The molecule has 0 aromatic heterocycles. The number of rotatable bonds is 7. The lowest BCUT2D eigenvalue weighted by Gasteiger charge is -2.10. The number of ether oxygens (including phenoxy) is 1. The van der Waals surface area contributed by atoms with E-state index in [0.717, 1.165) is 5.56 Å². The molecule has 0 saturated carbocycles. The molecule has 0 heterocycles. The second-order valence-electron chi connectivity index (χ2n) is 4.10. The first kappa shape index (κ1) is 16.3. The first-order chi connectivity index (χ1) is 9.43. The summed E-state index contributed by atoms with van der Waals surface area (Å²) in [6.45, 7) is 0.367. The Balaban J connectivity index is 2.48. The van der Waals surface area contributed by atoms with Gasteiger partial charge in [0.1, 0.15) is 0 Å². The van der Waals surface area contributed by atoms with E-state index in [2.05, 4.69) is 21.2 Å². The molecular weight excluding hydrogens is 330 g/mol. The van der Waals surface area contributed by atoms with Crippen LogP contribution in [0.2, 0.25) is 0 Å². The second kappa shape index (κ2) is 7.74. The van der Waals surface area contributed by atoms with Crippen LogP contribution in [0.15, 0.2) is 16.6 Å². The smallest absolute Gasteiger partial charge is 0.220 e. The summed E-state index contributed by atoms with van der Waals surface area (Å²) in [5.41, 5.74) is 0.867. The number of amides is 1. The number of benzene rings is 1.